The molecule has 0 amide bonds. The molecule has 28 heavy (non-hydrogen) atoms. The first-order valence-electron chi connectivity index (χ1n) is 9.47. The summed E-state index contributed by atoms with van der Waals surface area (Å²) < 4.78 is 12.2. The lowest BCUT2D eigenvalue weighted by Crippen LogP contribution is -2.44. The second kappa shape index (κ2) is 11.2. The Labute approximate surface area is 175 Å². The Morgan fingerprint density at radius 1 is 0.929 bits per heavy atom. The van der Waals surface area contributed by atoms with Crippen LogP contribution >= 0.6 is 12.4 Å². The van der Waals surface area contributed by atoms with E-state index in [2.05, 4.69) is 13.8 Å². The van der Waals surface area contributed by atoms with Crippen molar-refractivity contribution in [3.8, 4) is 0 Å². The Hall–Kier alpha value is -1.88. The molecule has 0 N–H and O–H groups in total. The van der Waals surface area contributed by atoms with Crippen LogP contribution in [-0.4, -0.2) is 44.2 Å². The summed E-state index contributed by atoms with van der Waals surface area (Å²) in [6.45, 7) is 7.14. The van der Waals surface area contributed by atoms with Crippen LogP contribution in [-0.2, 0) is 19.9 Å². The van der Waals surface area contributed by atoms with Crippen molar-refractivity contribution in [2.75, 3.05) is 27.2 Å². The second-order valence-electron chi connectivity index (χ2n) is 7.60. The van der Waals surface area contributed by atoms with Crippen LogP contribution in [0.5, 0.6) is 0 Å². The Bertz CT molecular complexity index is 665. The molecule has 2 aromatic carbocycles. The predicted molar refractivity (Wildman–Crippen MR) is 116 cm³/mol. The van der Waals surface area contributed by atoms with E-state index in [1.165, 1.54) is 0 Å². The maximum Gasteiger partial charge on any atom is 0.348 e. The number of benzene rings is 2. The van der Waals surface area contributed by atoms with Gasteiger partial charge in [0.15, 0.2) is 0 Å². The van der Waals surface area contributed by atoms with Crippen molar-refractivity contribution in [1.29, 1.82) is 0 Å². The van der Waals surface area contributed by atoms with E-state index in [0.29, 0.717) is 13.2 Å². The van der Waals surface area contributed by atoms with Crippen molar-refractivity contribution < 1.29 is 14.3 Å². The third kappa shape index (κ3) is 6.06. The second-order valence-corrected chi connectivity index (χ2v) is 7.60. The van der Waals surface area contributed by atoms with E-state index >= 15 is 0 Å². The fourth-order valence-electron chi connectivity index (χ4n) is 3.08. The molecule has 0 heterocycles. The number of hydrogen-bond donors (Lipinski definition) is 0. The summed E-state index contributed by atoms with van der Waals surface area (Å²) in [5, 5.41) is 0. The highest BCUT2D eigenvalue weighted by molar-refractivity contribution is 5.86. The number of likely N-dealkylation sites (N-methyl/N-ethyl adjacent to an activating group) is 1. The Morgan fingerprint density at radius 3 is 1.79 bits per heavy atom. The summed E-state index contributed by atoms with van der Waals surface area (Å²) in [4.78, 5) is 15.5. The number of halogens is 1. The van der Waals surface area contributed by atoms with E-state index < -0.39 is 5.60 Å². The van der Waals surface area contributed by atoms with Gasteiger partial charge in [-0.1, -0.05) is 74.5 Å². The SMILES string of the molecule is CC(C)COC(C(=O)OC(C)CN(C)C)(c1ccccc1)c1ccccc1.Cl. The van der Waals surface area contributed by atoms with Gasteiger partial charge < -0.3 is 14.4 Å². The lowest BCUT2D eigenvalue weighted by molar-refractivity contribution is -0.175. The van der Waals surface area contributed by atoms with Crippen molar-refractivity contribution in [2.24, 2.45) is 5.92 Å². The summed E-state index contributed by atoms with van der Waals surface area (Å²) in [6.07, 6.45) is -0.248. The van der Waals surface area contributed by atoms with Crippen LogP contribution < -0.4 is 0 Å². The molecule has 5 heteroatoms. The molecule has 2 aromatic rings. The van der Waals surface area contributed by atoms with Gasteiger partial charge in [0.05, 0.1) is 6.61 Å². The van der Waals surface area contributed by atoms with Crippen LogP contribution in [0.1, 0.15) is 31.9 Å². The largest absolute Gasteiger partial charge is 0.459 e. The van der Waals surface area contributed by atoms with E-state index in [0.717, 1.165) is 11.1 Å². The summed E-state index contributed by atoms with van der Waals surface area (Å²) in [5.74, 6) is -0.0984. The maximum atomic E-state index is 13.5. The maximum absolute atomic E-state index is 13.5. The van der Waals surface area contributed by atoms with Gasteiger partial charge in [0.1, 0.15) is 6.10 Å². The normalized spacial score (nSPS) is 12.5. The highest BCUT2D eigenvalue weighted by Crippen LogP contribution is 2.36. The topological polar surface area (TPSA) is 38.8 Å². The van der Waals surface area contributed by atoms with E-state index in [9.17, 15) is 4.79 Å². The van der Waals surface area contributed by atoms with Gasteiger partial charge in [-0.3, -0.25) is 0 Å². The lowest BCUT2D eigenvalue weighted by atomic mass is 9.85. The summed E-state index contributed by atoms with van der Waals surface area (Å²) in [5.41, 5.74) is 0.269. The van der Waals surface area contributed by atoms with Gasteiger partial charge in [-0.25, -0.2) is 4.79 Å². The Kier molecular flexibility index (Phi) is 9.66. The van der Waals surface area contributed by atoms with E-state index in [1.807, 2.05) is 86.6 Å². The summed E-state index contributed by atoms with van der Waals surface area (Å²) in [6, 6.07) is 19.2. The molecule has 0 aromatic heterocycles. The number of nitrogens with zero attached hydrogens (tertiary/aromatic N) is 1. The van der Waals surface area contributed by atoms with Crippen LogP contribution in [0.25, 0.3) is 0 Å². The molecule has 0 saturated carbocycles. The predicted octanol–water partition coefficient (Wildman–Crippen LogP) is 4.52. The van der Waals surface area contributed by atoms with Gasteiger partial charge in [0.25, 0.3) is 0 Å². The summed E-state index contributed by atoms with van der Waals surface area (Å²) in [7, 11) is 3.92. The standard InChI is InChI=1S/C23H31NO3.ClH/c1-18(2)17-26-23(20-12-8-6-9-13-20,21-14-10-7-11-15-21)22(25)27-19(3)16-24(4)5;/h6-15,18-19H,16-17H2,1-5H3;1H. The first-order valence-corrected chi connectivity index (χ1v) is 9.47. The Morgan fingerprint density at radius 2 is 1.39 bits per heavy atom. The molecule has 0 aliphatic heterocycles. The average Bonchev–Trinajstić information content (AvgIpc) is 2.63. The van der Waals surface area contributed by atoms with Crippen LogP contribution in [0.2, 0.25) is 0 Å². The molecule has 0 aliphatic rings. The first-order chi connectivity index (χ1) is 12.9. The number of hydrogen-bond acceptors (Lipinski definition) is 4. The fourth-order valence-corrected chi connectivity index (χ4v) is 3.08. The molecule has 2 rings (SSSR count). The number of carbonyl (C=O) groups excluding carboxylic acids is 1. The highest BCUT2D eigenvalue weighted by atomic mass is 35.5. The van der Waals surface area contributed by atoms with Crippen LogP contribution in [0.15, 0.2) is 60.7 Å². The molecule has 4 nitrogen and oxygen atoms in total. The van der Waals surface area contributed by atoms with Crippen LogP contribution in [0, 0.1) is 5.92 Å². The zero-order valence-corrected chi connectivity index (χ0v) is 18.2. The minimum absolute atomic E-state index is 0. The molecule has 0 spiro atoms. The van der Waals surface area contributed by atoms with Gasteiger partial charge in [0, 0.05) is 6.54 Å². The molecule has 1 unspecified atom stereocenters. The molecule has 1 atom stereocenters. The molecule has 0 saturated heterocycles. The van der Waals surface area contributed by atoms with Gasteiger partial charge in [0.2, 0.25) is 5.60 Å². The van der Waals surface area contributed by atoms with Gasteiger partial charge >= 0.3 is 5.97 Å². The highest BCUT2D eigenvalue weighted by Gasteiger charge is 2.45. The van der Waals surface area contributed by atoms with Gasteiger partial charge in [-0.05, 0) is 38.1 Å². The third-order valence-electron chi connectivity index (χ3n) is 4.21. The smallest absolute Gasteiger partial charge is 0.348 e. The van der Waals surface area contributed by atoms with Crippen molar-refractivity contribution in [2.45, 2.75) is 32.5 Å². The van der Waals surface area contributed by atoms with Crippen molar-refractivity contribution in [3.05, 3.63) is 71.8 Å². The third-order valence-corrected chi connectivity index (χ3v) is 4.21. The van der Waals surface area contributed by atoms with Crippen molar-refractivity contribution in [1.82, 2.24) is 4.90 Å². The fraction of sp³-hybridized carbons (Fsp3) is 0.435. The van der Waals surface area contributed by atoms with Gasteiger partial charge in [-0.15, -0.1) is 12.4 Å². The monoisotopic (exact) mass is 405 g/mol. The van der Waals surface area contributed by atoms with Crippen molar-refractivity contribution in [3.63, 3.8) is 0 Å². The van der Waals surface area contributed by atoms with Gasteiger partial charge in [-0.2, -0.15) is 0 Å². The molecular weight excluding hydrogens is 374 g/mol. The zero-order chi connectivity index (χ0) is 19.9. The number of ether oxygens (including phenoxy) is 2. The number of carbonyl (C=O) groups is 1. The van der Waals surface area contributed by atoms with E-state index in [-0.39, 0.29) is 30.4 Å². The zero-order valence-electron chi connectivity index (χ0n) is 17.4. The summed E-state index contributed by atoms with van der Waals surface area (Å²) >= 11 is 0. The molecular formula is C23H32ClNO3. The molecule has 0 radical (unpaired) electrons. The average molecular weight is 406 g/mol. The van der Waals surface area contributed by atoms with Crippen LogP contribution in [0.4, 0.5) is 0 Å². The minimum atomic E-state index is -1.28. The van der Waals surface area contributed by atoms with Crippen LogP contribution in [0.3, 0.4) is 0 Å². The van der Waals surface area contributed by atoms with E-state index in [4.69, 9.17) is 9.47 Å². The number of esters is 1. The first kappa shape index (κ1) is 24.2. The molecule has 0 fully saturated rings. The Balaban J connectivity index is 0.00000392. The van der Waals surface area contributed by atoms with Crippen molar-refractivity contribution >= 4 is 18.4 Å². The lowest BCUT2D eigenvalue weighted by Gasteiger charge is -2.34. The minimum Gasteiger partial charge on any atom is -0.459 e. The quantitative estimate of drug-likeness (QED) is 0.575. The molecule has 0 aliphatic carbocycles. The molecule has 0 bridgehead atoms. The number of rotatable bonds is 9. The molecule has 154 valence electrons. The van der Waals surface area contributed by atoms with E-state index in [1.54, 1.807) is 0 Å².